The first-order valence-electron chi connectivity index (χ1n) is 9.53. The highest BCUT2D eigenvalue weighted by atomic mass is 16.5. The van der Waals surface area contributed by atoms with E-state index in [2.05, 4.69) is 52.9 Å². The minimum Gasteiger partial charge on any atom is -0.452 e. The number of anilines is 1. The average molecular weight is 392 g/mol. The van der Waals surface area contributed by atoms with E-state index in [1.165, 1.54) is 0 Å². The Morgan fingerprint density at radius 2 is 1.45 bits per heavy atom. The van der Waals surface area contributed by atoms with Gasteiger partial charge in [-0.05, 0) is 58.4 Å². The summed E-state index contributed by atoms with van der Waals surface area (Å²) < 4.78 is 5.24. The van der Waals surface area contributed by atoms with E-state index in [4.69, 9.17) is 10.00 Å². The van der Waals surface area contributed by atoms with Crippen LogP contribution in [0.5, 0.6) is 0 Å². The molecule has 152 valence electrons. The van der Waals surface area contributed by atoms with Crippen LogP contribution < -0.4 is 5.32 Å². The largest absolute Gasteiger partial charge is 0.452 e. The Labute approximate surface area is 172 Å². The summed E-state index contributed by atoms with van der Waals surface area (Å²) in [7, 11) is 0. The third-order valence-corrected chi connectivity index (χ3v) is 4.53. The number of nitrogens with zero attached hydrogens (tertiary/aromatic N) is 1. The number of esters is 1. The summed E-state index contributed by atoms with van der Waals surface area (Å²) in [5.41, 5.74) is 3.32. The standard InChI is InChI=1S/C24H28N2O3/c1-23(2,3)18-11-17(12-19(13-18)24(4,5)6)22(28)29-15-21(27)26-20-9-7-16(14-25)8-10-20/h7-13H,15H2,1-6H3,(H,26,27). The normalized spacial score (nSPS) is 11.5. The Morgan fingerprint density at radius 3 is 1.90 bits per heavy atom. The quantitative estimate of drug-likeness (QED) is 0.747. The van der Waals surface area contributed by atoms with Crippen molar-refractivity contribution in [2.24, 2.45) is 0 Å². The molecule has 0 radical (unpaired) electrons. The molecule has 0 bridgehead atoms. The molecule has 2 aromatic carbocycles. The molecule has 0 aliphatic rings. The van der Waals surface area contributed by atoms with Crippen molar-refractivity contribution in [1.29, 1.82) is 5.26 Å². The number of rotatable bonds is 4. The predicted molar refractivity (Wildman–Crippen MR) is 114 cm³/mol. The molecule has 2 rings (SSSR count). The van der Waals surface area contributed by atoms with E-state index >= 15 is 0 Å². The predicted octanol–water partition coefficient (Wildman–Crippen LogP) is 4.95. The Kier molecular flexibility index (Phi) is 6.48. The van der Waals surface area contributed by atoms with Crippen LogP contribution in [0.15, 0.2) is 42.5 Å². The highest BCUT2D eigenvalue weighted by Gasteiger charge is 2.23. The summed E-state index contributed by atoms with van der Waals surface area (Å²) in [6.45, 7) is 12.2. The lowest BCUT2D eigenvalue weighted by Crippen LogP contribution is -2.22. The first kappa shape index (κ1) is 22.2. The number of nitriles is 1. The number of carbonyl (C=O) groups is 2. The van der Waals surface area contributed by atoms with Crippen molar-refractivity contribution in [3.05, 3.63) is 64.7 Å². The number of carbonyl (C=O) groups excluding carboxylic acids is 2. The summed E-state index contributed by atoms with van der Waals surface area (Å²) in [4.78, 5) is 24.7. The second-order valence-corrected chi connectivity index (χ2v) is 9.11. The molecule has 0 saturated carbocycles. The van der Waals surface area contributed by atoms with Crippen LogP contribution in [0.1, 0.15) is 68.6 Å². The van der Waals surface area contributed by atoms with Crippen molar-refractivity contribution in [3.63, 3.8) is 0 Å². The summed E-state index contributed by atoms with van der Waals surface area (Å²) in [6.07, 6.45) is 0. The highest BCUT2D eigenvalue weighted by molar-refractivity contribution is 5.95. The summed E-state index contributed by atoms with van der Waals surface area (Å²) in [6, 6.07) is 14.3. The maximum absolute atomic E-state index is 12.6. The lowest BCUT2D eigenvalue weighted by Gasteiger charge is -2.25. The molecule has 0 unspecified atom stereocenters. The highest BCUT2D eigenvalue weighted by Crippen LogP contribution is 2.30. The molecule has 0 fully saturated rings. The Morgan fingerprint density at radius 1 is 0.931 bits per heavy atom. The van der Waals surface area contributed by atoms with Gasteiger partial charge in [0.25, 0.3) is 5.91 Å². The minimum atomic E-state index is -0.531. The van der Waals surface area contributed by atoms with Gasteiger partial charge in [-0.2, -0.15) is 5.26 Å². The van der Waals surface area contributed by atoms with Crippen LogP contribution >= 0.6 is 0 Å². The second-order valence-electron chi connectivity index (χ2n) is 9.11. The number of ether oxygens (including phenoxy) is 1. The van der Waals surface area contributed by atoms with E-state index in [1.807, 2.05) is 18.2 Å². The van der Waals surface area contributed by atoms with Crippen molar-refractivity contribution in [2.45, 2.75) is 52.4 Å². The lowest BCUT2D eigenvalue weighted by molar-refractivity contribution is -0.119. The molecular formula is C24H28N2O3. The van der Waals surface area contributed by atoms with Crippen molar-refractivity contribution in [2.75, 3.05) is 11.9 Å². The van der Waals surface area contributed by atoms with Gasteiger partial charge in [-0.25, -0.2) is 4.79 Å². The van der Waals surface area contributed by atoms with E-state index in [0.717, 1.165) is 11.1 Å². The van der Waals surface area contributed by atoms with Crippen LogP contribution in [0.2, 0.25) is 0 Å². The van der Waals surface area contributed by atoms with Gasteiger partial charge in [-0.1, -0.05) is 47.6 Å². The Balaban J connectivity index is 2.11. The number of nitrogens with one attached hydrogen (secondary N) is 1. The third kappa shape index (κ3) is 6.18. The fourth-order valence-electron chi connectivity index (χ4n) is 2.65. The zero-order chi connectivity index (χ0) is 21.8. The second kappa shape index (κ2) is 8.48. The monoisotopic (exact) mass is 392 g/mol. The fourth-order valence-corrected chi connectivity index (χ4v) is 2.65. The van der Waals surface area contributed by atoms with Crippen molar-refractivity contribution < 1.29 is 14.3 Å². The molecule has 0 saturated heterocycles. The SMILES string of the molecule is CC(C)(C)c1cc(C(=O)OCC(=O)Nc2ccc(C#N)cc2)cc(C(C)(C)C)c1. The molecule has 1 N–H and O–H groups in total. The van der Waals surface area contributed by atoms with Crippen molar-refractivity contribution in [3.8, 4) is 6.07 Å². The van der Waals surface area contributed by atoms with Crippen molar-refractivity contribution >= 4 is 17.6 Å². The van der Waals surface area contributed by atoms with Gasteiger partial charge in [-0.3, -0.25) is 4.79 Å². The zero-order valence-electron chi connectivity index (χ0n) is 17.9. The number of hydrogen-bond donors (Lipinski definition) is 1. The first-order chi connectivity index (χ1) is 13.4. The number of amides is 1. The van der Waals surface area contributed by atoms with E-state index in [1.54, 1.807) is 24.3 Å². The van der Waals surface area contributed by atoms with E-state index in [0.29, 0.717) is 16.8 Å². The first-order valence-corrected chi connectivity index (χ1v) is 9.53. The fraction of sp³-hybridized carbons (Fsp3) is 0.375. The average Bonchev–Trinajstić information content (AvgIpc) is 2.65. The Bertz CT molecular complexity index is 908. The molecule has 2 aromatic rings. The van der Waals surface area contributed by atoms with Crippen LogP contribution in [-0.2, 0) is 20.4 Å². The molecule has 0 aliphatic heterocycles. The molecule has 0 aromatic heterocycles. The van der Waals surface area contributed by atoms with Gasteiger partial charge in [0.05, 0.1) is 17.2 Å². The van der Waals surface area contributed by atoms with Gasteiger partial charge in [-0.15, -0.1) is 0 Å². The molecule has 29 heavy (non-hydrogen) atoms. The molecule has 5 nitrogen and oxygen atoms in total. The van der Waals surface area contributed by atoms with Crippen molar-refractivity contribution in [1.82, 2.24) is 0 Å². The van der Waals surface area contributed by atoms with E-state index in [-0.39, 0.29) is 17.4 Å². The zero-order valence-corrected chi connectivity index (χ0v) is 17.9. The summed E-state index contributed by atoms with van der Waals surface area (Å²) in [5.74, 6) is -0.970. The van der Waals surface area contributed by atoms with Crippen LogP contribution in [0.3, 0.4) is 0 Å². The van der Waals surface area contributed by atoms with E-state index < -0.39 is 11.9 Å². The van der Waals surface area contributed by atoms with E-state index in [9.17, 15) is 9.59 Å². The molecule has 0 spiro atoms. The molecule has 0 atom stereocenters. The van der Waals surface area contributed by atoms with Crippen LogP contribution in [-0.4, -0.2) is 18.5 Å². The lowest BCUT2D eigenvalue weighted by atomic mass is 9.79. The molecule has 1 amide bonds. The number of hydrogen-bond acceptors (Lipinski definition) is 4. The van der Waals surface area contributed by atoms with Gasteiger partial charge in [0, 0.05) is 5.69 Å². The molecule has 5 heteroatoms. The van der Waals surface area contributed by atoms with Crippen LogP contribution in [0.4, 0.5) is 5.69 Å². The summed E-state index contributed by atoms with van der Waals surface area (Å²) >= 11 is 0. The summed E-state index contributed by atoms with van der Waals surface area (Å²) in [5, 5.41) is 11.5. The Hall–Kier alpha value is -3.13. The maximum atomic E-state index is 12.6. The van der Waals surface area contributed by atoms with Gasteiger partial charge < -0.3 is 10.1 Å². The van der Waals surface area contributed by atoms with Crippen LogP contribution in [0.25, 0.3) is 0 Å². The van der Waals surface area contributed by atoms with Gasteiger partial charge in [0.15, 0.2) is 6.61 Å². The smallest absolute Gasteiger partial charge is 0.338 e. The maximum Gasteiger partial charge on any atom is 0.338 e. The van der Waals surface area contributed by atoms with Crippen LogP contribution in [0, 0.1) is 11.3 Å². The molecule has 0 heterocycles. The molecule has 0 aliphatic carbocycles. The molecular weight excluding hydrogens is 364 g/mol. The number of benzene rings is 2. The minimum absolute atomic E-state index is 0.122. The van der Waals surface area contributed by atoms with Gasteiger partial charge >= 0.3 is 5.97 Å². The third-order valence-electron chi connectivity index (χ3n) is 4.53. The topological polar surface area (TPSA) is 79.2 Å². The van der Waals surface area contributed by atoms with Gasteiger partial charge in [0.2, 0.25) is 0 Å². The van der Waals surface area contributed by atoms with Gasteiger partial charge in [0.1, 0.15) is 0 Å².